The first kappa shape index (κ1) is 26.2. The number of nitrogens with one attached hydrogen (secondary N) is 1. The molecule has 7 heteroatoms. The Morgan fingerprint density at radius 1 is 1.06 bits per heavy atom. The Balaban J connectivity index is 0.00000341. The molecule has 0 aromatic heterocycles. The molecule has 2 aliphatic rings. The standard InChI is InChI=1S/C24H41N5O.HI/c1-4-25-24(29-15-13-27(14-16-29)18-20(2)3)26-17-21-5-7-23(8-6-21)28-11-9-22(19-30)10-12-28;/h5-8,20,22,30H,4,9-19H2,1-3H3,(H,25,26);1H. The van der Waals surface area contributed by atoms with Crippen molar-refractivity contribution in [3.8, 4) is 0 Å². The molecule has 1 aromatic carbocycles. The molecule has 0 unspecified atom stereocenters. The minimum absolute atomic E-state index is 0. The lowest BCUT2D eigenvalue weighted by Gasteiger charge is -2.37. The van der Waals surface area contributed by atoms with Crippen molar-refractivity contribution >= 4 is 35.6 Å². The third kappa shape index (κ3) is 8.09. The van der Waals surface area contributed by atoms with Crippen molar-refractivity contribution in [1.29, 1.82) is 0 Å². The van der Waals surface area contributed by atoms with Gasteiger partial charge in [-0.05, 0) is 49.3 Å². The largest absolute Gasteiger partial charge is 0.396 e. The van der Waals surface area contributed by atoms with Crippen molar-refractivity contribution in [2.75, 3.05) is 63.9 Å². The van der Waals surface area contributed by atoms with E-state index in [0.29, 0.717) is 19.1 Å². The minimum atomic E-state index is 0. The van der Waals surface area contributed by atoms with Gasteiger partial charge in [0, 0.05) is 64.7 Å². The number of hydrogen-bond donors (Lipinski definition) is 2. The summed E-state index contributed by atoms with van der Waals surface area (Å²) in [5.41, 5.74) is 2.53. The zero-order valence-electron chi connectivity index (χ0n) is 19.6. The second kappa shape index (κ2) is 13.5. The number of aliphatic hydroxyl groups excluding tert-OH is 1. The number of rotatable bonds is 7. The summed E-state index contributed by atoms with van der Waals surface area (Å²) in [4.78, 5) is 12.3. The third-order valence-corrected chi connectivity index (χ3v) is 6.22. The normalized spacial score (nSPS) is 18.9. The molecule has 2 N–H and O–H groups in total. The topological polar surface area (TPSA) is 54.3 Å². The molecule has 3 rings (SSSR count). The molecule has 0 radical (unpaired) electrons. The molecule has 176 valence electrons. The molecule has 0 aliphatic carbocycles. The maximum absolute atomic E-state index is 9.33. The molecule has 0 bridgehead atoms. The van der Waals surface area contributed by atoms with Gasteiger partial charge in [-0.15, -0.1) is 24.0 Å². The smallest absolute Gasteiger partial charge is 0.194 e. The maximum atomic E-state index is 9.33. The second-order valence-electron chi connectivity index (χ2n) is 9.13. The molecule has 0 amide bonds. The molecular weight excluding hydrogens is 501 g/mol. The molecule has 2 heterocycles. The number of anilines is 1. The van der Waals surface area contributed by atoms with Crippen LogP contribution in [0, 0.1) is 11.8 Å². The highest BCUT2D eigenvalue weighted by Crippen LogP contribution is 2.23. The zero-order valence-corrected chi connectivity index (χ0v) is 21.9. The number of hydrogen-bond acceptors (Lipinski definition) is 4. The molecule has 1 aromatic rings. The van der Waals surface area contributed by atoms with Crippen LogP contribution in [-0.2, 0) is 6.54 Å². The Kier molecular flexibility index (Phi) is 11.4. The Labute approximate surface area is 206 Å². The van der Waals surface area contributed by atoms with E-state index in [4.69, 9.17) is 4.99 Å². The van der Waals surface area contributed by atoms with Crippen molar-refractivity contribution in [3.63, 3.8) is 0 Å². The molecule has 0 spiro atoms. The number of aliphatic imine (C=N–C) groups is 1. The van der Waals surface area contributed by atoms with Gasteiger partial charge < -0.3 is 20.2 Å². The zero-order chi connectivity index (χ0) is 21.3. The number of nitrogens with zero attached hydrogens (tertiary/aromatic N) is 4. The summed E-state index contributed by atoms with van der Waals surface area (Å²) in [5.74, 6) is 2.24. The minimum Gasteiger partial charge on any atom is -0.396 e. The molecule has 2 aliphatic heterocycles. The van der Waals surface area contributed by atoms with Crippen molar-refractivity contribution in [2.24, 2.45) is 16.8 Å². The van der Waals surface area contributed by atoms with E-state index < -0.39 is 0 Å². The predicted molar refractivity (Wildman–Crippen MR) is 142 cm³/mol. The van der Waals surface area contributed by atoms with Gasteiger partial charge in [0.15, 0.2) is 5.96 Å². The number of aliphatic hydroxyl groups is 1. The highest BCUT2D eigenvalue weighted by atomic mass is 127. The van der Waals surface area contributed by atoms with Gasteiger partial charge in [0.25, 0.3) is 0 Å². The van der Waals surface area contributed by atoms with Crippen LogP contribution in [0.4, 0.5) is 5.69 Å². The van der Waals surface area contributed by atoms with Gasteiger partial charge in [-0.3, -0.25) is 4.90 Å². The lowest BCUT2D eigenvalue weighted by atomic mass is 9.97. The summed E-state index contributed by atoms with van der Waals surface area (Å²) in [5, 5.41) is 12.8. The van der Waals surface area contributed by atoms with E-state index in [1.165, 1.54) is 17.8 Å². The lowest BCUT2D eigenvalue weighted by molar-refractivity contribution is 0.164. The van der Waals surface area contributed by atoms with Crippen LogP contribution < -0.4 is 10.2 Å². The monoisotopic (exact) mass is 543 g/mol. The summed E-state index contributed by atoms with van der Waals surface area (Å²) in [7, 11) is 0. The van der Waals surface area contributed by atoms with Crippen LogP contribution in [0.3, 0.4) is 0 Å². The van der Waals surface area contributed by atoms with E-state index in [1.54, 1.807) is 0 Å². The van der Waals surface area contributed by atoms with Gasteiger partial charge in [0.1, 0.15) is 0 Å². The molecule has 6 nitrogen and oxygen atoms in total. The summed E-state index contributed by atoms with van der Waals surface area (Å²) >= 11 is 0. The maximum Gasteiger partial charge on any atom is 0.194 e. The van der Waals surface area contributed by atoms with E-state index in [1.807, 2.05) is 0 Å². The average molecular weight is 544 g/mol. The summed E-state index contributed by atoms with van der Waals surface area (Å²) < 4.78 is 0. The van der Waals surface area contributed by atoms with Gasteiger partial charge in [-0.2, -0.15) is 0 Å². The Bertz CT molecular complexity index is 650. The first-order valence-electron chi connectivity index (χ1n) is 11.8. The summed E-state index contributed by atoms with van der Waals surface area (Å²) in [6.07, 6.45) is 2.16. The molecular formula is C24H42IN5O. The lowest BCUT2D eigenvalue weighted by Crippen LogP contribution is -2.53. The summed E-state index contributed by atoms with van der Waals surface area (Å²) in [6.45, 7) is 16.2. The van der Waals surface area contributed by atoms with Crippen LogP contribution in [-0.4, -0.2) is 79.8 Å². The predicted octanol–water partition coefficient (Wildman–Crippen LogP) is 3.25. The van der Waals surface area contributed by atoms with Crippen LogP contribution in [0.15, 0.2) is 29.3 Å². The number of piperazine rings is 1. The van der Waals surface area contributed by atoms with E-state index in [2.05, 4.69) is 65.1 Å². The van der Waals surface area contributed by atoms with Crippen LogP contribution >= 0.6 is 24.0 Å². The van der Waals surface area contributed by atoms with Gasteiger partial charge >= 0.3 is 0 Å². The quantitative estimate of drug-likeness (QED) is 0.314. The van der Waals surface area contributed by atoms with Crippen molar-refractivity contribution < 1.29 is 5.11 Å². The van der Waals surface area contributed by atoms with Crippen molar-refractivity contribution in [1.82, 2.24) is 15.1 Å². The fraction of sp³-hybridized carbons (Fsp3) is 0.708. The first-order valence-corrected chi connectivity index (χ1v) is 11.8. The van der Waals surface area contributed by atoms with Gasteiger partial charge in [0.2, 0.25) is 0 Å². The fourth-order valence-corrected chi connectivity index (χ4v) is 4.44. The average Bonchev–Trinajstić information content (AvgIpc) is 2.77. The number of benzene rings is 1. The first-order chi connectivity index (χ1) is 14.6. The van der Waals surface area contributed by atoms with E-state index in [-0.39, 0.29) is 24.0 Å². The SMILES string of the molecule is CCNC(=NCc1ccc(N2CCC(CO)CC2)cc1)N1CCN(CC(C)C)CC1.I. The Morgan fingerprint density at radius 2 is 1.71 bits per heavy atom. The molecule has 0 saturated carbocycles. The Hall–Kier alpha value is -1.06. The van der Waals surface area contributed by atoms with Gasteiger partial charge in [-0.1, -0.05) is 26.0 Å². The third-order valence-electron chi connectivity index (χ3n) is 6.22. The van der Waals surface area contributed by atoms with Crippen LogP contribution in [0.1, 0.15) is 39.2 Å². The highest BCUT2D eigenvalue weighted by molar-refractivity contribution is 14.0. The number of halogens is 1. The van der Waals surface area contributed by atoms with Gasteiger partial charge in [-0.25, -0.2) is 4.99 Å². The van der Waals surface area contributed by atoms with E-state index >= 15 is 0 Å². The van der Waals surface area contributed by atoms with E-state index in [9.17, 15) is 5.11 Å². The van der Waals surface area contributed by atoms with Crippen molar-refractivity contribution in [3.05, 3.63) is 29.8 Å². The molecule has 2 saturated heterocycles. The van der Waals surface area contributed by atoms with Crippen LogP contribution in [0.5, 0.6) is 0 Å². The molecule has 2 fully saturated rings. The van der Waals surface area contributed by atoms with Gasteiger partial charge in [0.05, 0.1) is 6.54 Å². The van der Waals surface area contributed by atoms with Crippen LogP contribution in [0.2, 0.25) is 0 Å². The highest BCUT2D eigenvalue weighted by Gasteiger charge is 2.20. The summed E-state index contributed by atoms with van der Waals surface area (Å²) in [6, 6.07) is 8.87. The molecule has 0 atom stereocenters. The van der Waals surface area contributed by atoms with E-state index in [0.717, 1.165) is 70.5 Å². The second-order valence-corrected chi connectivity index (χ2v) is 9.13. The number of piperidine rings is 1. The molecule has 31 heavy (non-hydrogen) atoms. The number of guanidine groups is 1. The fourth-order valence-electron chi connectivity index (χ4n) is 4.44. The van der Waals surface area contributed by atoms with Crippen molar-refractivity contribution in [2.45, 2.75) is 40.2 Å². The Morgan fingerprint density at radius 3 is 2.26 bits per heavy atom. The van der Waals surface area contributed by atoms with Crippen LogP contribution in [0.25, 0.3) is 0 Å².